The molecule has 1 aliphatic heterocycles. The second-order valence-electron chi connectivity index (χ2n) is 6.31. The van der Waals surface area contributed by atoms with Gasteiger partial charge in [0, 0.05) is 50.0 Å². The molecule has 26 heavy (non-hydrogen) atoms. The minimum Gasteiger partial charge on any atom is -0.358 e. The lowest BCUT2D eigenvalue weighted by molar-refractivity contribution is -0.137. The monoisotopic (exact) mass is 373 g/mol. The van der Waals surface area contributed by atoms with Gasteiger partial charge in [0.05, 0.1) is 16.8 Å². The Kier molecular flexibility index (Phi) is 4.49. The summed E-state index contributed by atoms with van der Waals surface area (Å²) in [5.74, 6) is -2.90. The van der Waals surface area contributed by atoms with Crippen LogP contribution in [0.5, 0.6) is 0 Å². The third-order valence-corrected chi connectivity index (χ3v) is 4.28. The number of halogens is 5. The van der Waals surface area contributed by atoms with E-state index in [1.54, 1.807) is 6.92 Å². The third kappa shape index (κ3) is 3.71. The molecule has 0 atom stereocenters. The smallest absolute Gasteiger partial charge is 0.358 e. The molecule has 1 N–H and O–H groups in total. The molecule has 3 heterocycles. The van der Waals surface area contributed by atoms with Crippen molar-refractivity contribution in [3.05, 3.63) is 45.9 Å². The number of aromatic amines is 1. The Hall–Kier alpha value is -2.45. The second kappa shape index (κ2) is 6.37. The quantitative estimate of drug-likeness (QED) is 0.810. The van der Waals surface area contributed by atoms with Crippen molar-refractivity contribution >= 4 is 5.82 Å². The third-order valence-electron chi connectivity index (χ3n) is 4.28. The number of aryl methyl sites for hydroxylation is 1. The number of anilines is 1. The van der Waals surface area contributed by atoms with Crippen LogP contribution in [0.1, 0.15) is 24.1 Å². The molecule has 0 bridgehead atoms. The molecule has 9 heteroatoms. The van der Waals surface area contributed by atoms with E-state index >= 15 is 0 Å². The van der Waals surface area contributed by atoms with Crippen molar-refractivity contribution in [1.82, 2.24) is 9.97 Å². The molecule has 1 saturated heterocycles. The van der Waals surface area contributed by atoms with Crippen LogP contribution >= 0.6 is 0 Å². The maximum atomic E-state index is 13.5. The van der Waals surface area contributed by atoms with Gasteiger partial charge in [-0.1, -0.05) is 0 Å². The number of nitrogens with one attached hydrogen (secondary N) is 1. The van der Waals surface area contributed by atoms with Crippen molar-refractivity contribution in [3.8, 4) is 11.3 Å². The molecule has 1 fully saturated rings. The van der Waals surface area contributed by atoms with Crippen LogP contribution in [0, 0.1) is 6.92 Å². The Labute approximate surface area is 145 Å². The van der Waals surface area contributed by atoms with Gasteiger partial charge in [-0.3, -0.25) is 4.79 Å². The number of pyridine rings is 2. The van der Waals surface area contributed by atoms with Crippen LogP contribution in [-0.2, 0) is 6.18 Å². The molecule has 4 nitrogen and oxygen atoms in total. The highest BCUT2D eigenvalue weighted by atomic mass is 19.4. The number of aromatic nitrogens is 2. The van der Waals surface area contributed by atoms with Gasteiger partial charge in [0.2, 0.25) is 0 Å². The first kappa shape index (κ1) is 18.3. The Morgan fingerprint density at radius 1 is 1.19 bits per heavy atom. The van der Waals surface area contributed by atoms with Crippen LogP contribution in [0.3, 0.4) is 0 Å². The fourth-order valence-corrected chi connectivity index (χ4v) is 3.05. The van der Waals surface area contributed by atoms with Gasteiger partial charge in [-0.05, 0) is 13.0 Å². The van der Waals surface area contributed by atoms with Gasteiger partial charge in [-0.25, -0.2) is 13.8 Å². The fraction of sp³-hybridized carbons (Fsp3) is 0.412. The molecule has 0 aliphatic carbocycles. The highest BCUT2D eigenvalue weighted by Gasteiger charge is 2.39. The first-order chi connectivity index (χ1) is 12.1. The normalized spacial score (nSPS) is 17.4. The first-order valence-electron chi connectivity index (χ1n) is 7.97. The largest absolute Gasteiger partial charge is 0.417 e. The maximum Gasteiger partial charge on any atom is 0.417 e. The summed E-state index contributed by atoms with van der Waals surface area (Å²) in [4.78, 5) is 20.0. The summed E-state index contributed by atoms with van der Waals surface area (Å²) >= 11 is 0. The molecule has 0 amide bonds. The van der Waals surface area contributed by atoms with Crippen molar-refractivity contribution < 1.29 is 22.0 Å². The highest BCUT2D eigenvalue weighted by molar-refractivity contribution is 5.77. The van der Waals surface area contributed by atoms with Gasteiger partial charge in [-0.15, -0.1) is 0 Å². The van der Waals surface area contributed by atoms with E-state index in [-0.39, 0.29) is 30.2 Å². The van der Waals surface area contributed by atoms with E-state index in [1.165, 1.54) is 11.0 Å². The molecule has 3 rings (SSSR count). The van der Waals surface area contributed by atoms with Crippen molar-refractivity contribution in [2.24, 2.45) is 0 Å². The summed E-state index contributed by atoms with van der Waals surface area (Å²) in [7, 11) is 0. The molecule has 0 radical (unpaired) electrons. The number of alkyl halides is 5. The van der Waals surface area contributed by atoms with Gasteiger partial charge in [0.25, 0.3) is 5.92 Å². The van der Waals surface area contributed by atoms with E-state index in [9.17, 15) is 26.7 Å². The Morgan fingerprint density at radius 3 is 2.42 bits per heavy atom. The molecular formula is C17H16F5N3O. The number of rotatable bonds is 2. The lowest BCUT2D eigenvalue weighted by Gasteiger charge is -2.34. The predicted molar refractivity (Wildman–Crippen MR) is 86.4 cm³/mol. The summed E-state index contributed by atoms with van der Waals surface area (Å²) in [6.45, 7) is 1.31. The minimum absolute atomic E-state index is 0.0391. The average Bonchev–Trinajstić information content (AvgIpc) is 2.52. The van der Waals surface area contributed by atoms with Crippen LogP contribution in [-0.4, -0.2) is 29.0 Å². The van der Waals surface area contributed by atoms with E-state index in [0.717, 1.165) is 18.3 Å². The summed E-state index contributed by atoms with van der Waals surface area (Å²) in [6.07, 6.45) is -4.61. The van der Waals surface area contributed by atoms with Crippen molar-refractivity contribution in [3.63, 3.8) is 0 Å². The zero-order chi connectivity index (χ0) is 19.1. The average molecular weight is 373 g/mol. The number of nitrogens with zero attached hydrogens (tertiary/aromatic N) is 2. The van der Waals surface area contributed by atoms with Gasteiger partial charge >= 0.3 is 6.18 Å². The van der Waals surface area contributed by atoms with Crippen molar-refractivity contribution in [2.45, 2.75) is 31.9 Å². The van der Waals surface area contributed by atoms with Crippen LogP contribution in [0.4, 0.5) is 27.8 Å². The number of hydrogen-bond donors (Lipinski definition) is 1. The predicted octanol–water partition coefficient (Wildman–Crippen LogP) is 4.00. The summed E-state index contributed by atoms with van der Waals surface area (Å²) in [6, 6.07) is 3.13. The summed E-state index contributed by atoms with van der Waals surface area (Å²) in [5.41, 5.74) is -1.38. The van der Waals surface area contributed by atoms with E-state index in [4.69, 9.17) is 0 Å². The number of H-pyrrole nitrogens is 1. The Morgan fingerprint density at radius 2 is 1.85 bits per heavy atom. The molecule has 2 aromatic rings. The van der Waals surface area contributed by atoms with Crippen LogP contribution in [0.25, 0.3) is 11.3 Å². The van der Waals surface area contributed by atoms with E-state index in [1.807, 2.05) is 0 Å². The zero-order valence-corrected chi connectivity index (χ0v) is 13.8. The van der Waals surface area contributed by atoms with Gasteiger partial charge in [-0.2, -0.15) is 13.2 Å². The lowest BCUT2D eigenvalue weighted by atomic mass is 10.0. The first-order valence-corrected chi connectivity index (χ1v) is 7.97. The van der Waals surface area contributed by atoms with E-state index in [2.05, 4.69) is 9.97 Å². The fourth-order valence-electron chi connectivity index (χ4n) is 3.05. The molecule has 0 spiro atoms. The van der Waals surface area contributed by atoms with Crippen LogP contribution in [0.2, 0.25) is 0 Å². The van der Waals surface area contributed by atoms with Gasteiger partial charge in [0.15, 0.2) is 5.43 Å². The van der Waals surface area contributed by atoms with Crippen molar-refractivity contribution in [2.75, 3.05) is 18.0 Å². The topological polar surface area (TPSA) is 49.0 Å². The van der Waals surface area contributed by atoms with Gasteiger partial charge < -0.3 is 9.88 Å². The van der Waals surface area contributed by atoms with Gasteiger partial charge in [0.1, 0.15) is 5.82 Å². The SMILES string of the molecule is Cc1cc(=O)cc(-c2c(C(F)(F)F)ccnc2N2CCC(F)(F)CC2)[nH]1. The summed E-state index contributed by atoms with van der Waals surface area (Å²) < 4.78 is 67.5. The molecule has 0 unspecified atom stereocenters. The van der Waals surface area contributed by atoms with E-state index in [0.29, 0.717) is 5.69 Å². The second-order valence-corrected chi connectivity index (χ2v) is 6.31. The van der Waals surface area contributed by atoms with Crippen LogP contribution in [0.15, 0.2) is 29.2 Å². The molecule has 140 valence electrons. The Balaban J connectivity index is 2.18. The molecule has 0 aromatic carbocycles. The zero-order valence-electron chi connectivity index (χ0n) is 13.8. The number of hydrogen-bond acceptors (Lipinski definition) is 3. The molecule has 1 aliphatic rings. The standard InChI is InChI=1S/C17H16F5N3O/c1-10-8-11(26)9-13(24-10)14-12(17(20,21)22)2-5-23-15(14)25-6-3-16(18,19)4-7-25/h2,5,8-9H,3-4,6-7H2,1H3,(H,24,26). The van der Waals surface area contributed by atoms with Crippen molar-refractivity contribution in [1.29, 1.82) is 0 Å². The highest BCUT2D eigenvalue weighted by Crippen LogP contribution is 2.41. The van der Waals surface area contributed by atoms with E-state index < -0.39 is 35.9 Å². The maximum absolute atomic E-state index is 13.5. The molecular weight excluding hydrogens is 357 g/mol. The summed E-state index contributed by atoms with van der Waals surface area (Å²) in [5, 5.41) is 0. The lowest BCUT2D eigenvalue weighted by Crippen LogP contribution is -2.40. The molecule has 0 saturated carbocycles. The minimum atomic E-state index is -4.69. The Bertz CT molecular complexity index is 865. The van der Waals surface area contributed by atoms with Crippen LogP contribution < -0.4 is 10.3 Å². The molecule has 2 aromatic heterocycles. The number of piperidine rings is 1.